The zero-order valence-corrected chi connectivity index (χ0v) is 16.3. The second-order valence-electron chi connectivity index (χ2n) is 6.02. The Balaban J connectivity index is 1.90. The average Bonchev–Trinajstić information content (AvgIpc) is 3.04. The highest BCUT2D eigenvalue weighted by Gasteiger charge is 2.19. The van der Waals surface area contributed by atoms with Gasteiger partial charge >= 0.3 is 0 Å². The molecule has 3 rings (SSSR count). The molecular formula is C19H18ClN3O3S. The van der Waals surface area contributed by atoms with Gasteiger partial charge in [0.05, 0.1) is 15.6 Å². The summed E-state index contributed by atoms with van der Waals surface area (Å²) < 4.78 is 29.8. The summed E-state index contributed by atoms with van der Waals surface area (Å²) >= 11 is 6.04. The van der Waals surface area contributed by atoms with Gasteiger partial charge < -0.3 is 9.88 Å². The van der Waals surface area contributed by atoms with Crippen LogP contribution in [0.15, 0.2) is 65.7 Å². The number of sulfonamides is 1. The molecule has 0 saturated heterocycles. The molecule has 1 amide bonds. The molecule has 2 aromatic carbocycles. The molecule has 27 heavy (non-hydrogen) atoms. The zero-order valence-electron chi connectivity index (χ0n) is 14.7. The molecule has 2 N–H and O–H groups in total. The van der Waals surface area contributed by atoms with Gasteiger partial charge in [0.25, 0.3) is 15.9 Å². The number of aromatic nitrogens is 1. The number of rotatable bonds is 5. The standard InChI is InChI=1S/C19H18ClN3O3S/c1-13-9-10-14(21-19(24)17-8-5-11-23(17)2)12-18(13)27(25,26)22-16-7-4-3-6-15(16)20/h3-12,22H,1-2H3,(H,21,24). The molecule has 0 bridgehead atoms. The highest BCUT2D eigenvalue weighted by atomic mass is 35.5. The van der Waals surface area contributed by atoms with Crippen molar-refractivity contribution < 1.29 is 13.2 Å². The summed E-state index contributed by atoms with van der Waals surface area (Å²) in [5.74, 6) is -0.325. The fourth-order valence-electron chi connectivity index (χ4n) is 2.60. The molecule has 140 valence electrons. The van der Waals surface area contributed by atoms with E-state index in [9.17, 15) is 13.2 Å². The maximum Gasteiger partial charge on any atom is 0.272 e. The highest BCUT2D eigenvalue weighted by Crippen LogP contribution is 2.27. The van der Waals surface area contributed by atoms with Gasteiger partial charge in [-0.3, -0.25) is 9.52 Å². The summed E-state index contributed by atoms with van der Waals surface area (Å²) in [4.78, 5) is 12.4. The molecule has 0 spiro atoms. The molecule has 0 saturated carbocycles. The van der Waals surface area contributed by atoms with Gasteiger partial charge in [0.1, 0.15) is 5.69 Å². The topological polar surface area (TPSA) is 80.2 Å². The van der Waals surface area contributed by atoms with Crippen LogP contribution in [-0.2, 0) is 17.1 Å². The van der Waals surface area contributed by atoms with Crippen LogP contribution in [0.1, 0.15) is 16.1 Å². The lowest BCUT2D eigenvalue weighted by atomic mass is 10.2. The SMILES string of the molecule is Cc1ccc(NC(=O)c2cccn2C)cc1S(=O)(=O)Nc1ccccc1Cl. The first-order valence-corrected chi connectivity index (χ1v) is 9.95. The molecule has 0 aliphatic carbocycles. The molecule has 8 heteroatoms. The number of benzene rings is 2. The molecule has 0 radical (unpaired) electrons. The lowest BCUT2D eigenvalue weighted by Crippen LogP contribution is -2.17. The van der Waals surface area contributed by atoms with Crippen LogP contribution >= 0.6 is 11.6 Å². The van der Waals surface area contributed by atoms with Crippen molar-refractivity contribution in [1.29, 1.82) is 0 Å². The second-order valence-corrected chi connectivity index (χ2v) is 8.08. The number of nitrogens with zero attached hydrogens (tertiary/aromatic N) is 1. The predicted octanol–water partition coefficient (Wildman–Crippen LogP) is 4.04. The Bertz CT molecular complexity index is 1110. The molecule has 3 aromatic rings. The Hall–Kier alpha value is -2.77. The third kappa shape index (κ3) is 4.15. The largest absolute Gasteiger partial charge is 0.347 e. The second kappa shape index (κ2) is 7.46. The molecule has 0 unspecified atom stereocenters. The zero-order chi connectivity index (χ0) is 19.6. The third-order valence-electron chi connectivity index (χ3n) is 4.03. The molecule has 1 aromatic heterocycles. The number of anilines is 2. The molecular weight excluding hydrogens is 386 g/mol. The van der Waals surface area contributed by atoms with E-state index in [0.29, 0.717) is 22.0 Å². The van der Waals surface area contributed by atoms with E-state index in [1.165, 1.54) is 6.07 Å². The van der Waals surface area contributed by atoms with Crippen LogP contribution in [0.4, 0.5) is 11.4 Å². The van der Waals surface area contributed by atoms with Crippen molar-refractivity contribution in [3.8, 4) is 0 Å². The lowest BCUT2D eigenvalue weighted by Gasteiger charge is -2.13. The summed E-state index contributed by atoms with van der Waals surface area (Å²) in [5.41, 5.74) is 1.68. The molecule has 0 fully saturated rings. The first kappa shape index (κ1) is 19.0. The molecule has 0 aliphatic heterocycles. The average molecular weight is 404 g/mol. The van der Waals surface area contributed by atoms with Gasteiger partial charge in [0, 0.05) is 18.9 Å². The van der Waals surface area contributed by atoms with E-state index in [4.69, 9.17) is 11.6 Å². The molecule has 6 nitrogen and oxygen atoms in total. The number of nitrogens with one attached hydrogen (secondary N) is 2. The summed E-state index contributed by atoms with van der Waals surface area (Å²) in [5, 5.41) is 3.02. The van der Waals surface area contributed by atoms with Crippen molar-refractivity contribution >= 4 is 38.9 Å². The minimum atomic E-state index is -3.88. The number of hydrogen-bond donors (Lipinski definition) is 2. The Labute approximate surface area is 162 Å². The fourth-order valence-corrected chi connectivity index (χ4v) is 4.19. The van der Waals surface area contributed by atoms with Crippen LogP contribution in [0, 0.1) is 6.92 Å². The van der Waals surface area contributed by atoms with E-state index < -0.39 is 10.0 Å². The highest BCUT2D eigenvalue weighted by molar-refractivity contribution is 7.92. The smallest absolute Gasteiger partial charge is 0.272 e. The van der Waals surface area contributed by atoms with Crippen LogP contribution in [0.3, 0.4) is 0 Å². The Morgan fingerprint density at radius 1 is 1.07 bits per heavy atom. The van der Waals surface area contributed by atoms with E-state index in [-0.39, 0.29) is 16.5 Å². The third-order valence-corrected chi connectivity index (χ3v) is 5.87. The van der Waals surface area contributed by atoms with Crippen molar-refractivity contribution in [3.63, 3.8) is 0 Å². The van der Waals surface area contributed by atoms with Crippen LogP contribution in [0.25, 0.3) is 0 Å². The van der Waals surface area contributed by atoms with E-state index in [0.717, 1.165) is 0 Å². The van der Waals surface area contributed by atoms with Crippen LogP contribution in [0.5, 0.6) is 0 Å². The number of carbonyl (C=O) groups excluding carboxylic acids is 1. The van der Waals surface area contributed by atoms with Crippen molar-refractivity contribution in [2.24, 2.45) is 7.05 Å². The number of hydrogen-bond acceptors (Lipinski definition) is 3. The van der Waals surface area contributed by atoms with Crippen LogP contribution < -0.4 is 10.0 Å². The molecule has 0 atom stereocenters. The number of halogens is 1. The predicted molar refractivity (Wildman–Crippen MR) is 107 cm³/mol. The fraction of sp³-hybridized carbons (Fsp3) is 0.105. The Kier molecular flexibility index (Phi) is 5.25. The van der Waals surface area contributed by atoms with E-state index >= 15 is 0 Å². The summed E-state index contributed by atoms with van der Waals surface area (Å²) in [7, 11) is -2.12. The van der Waals surface area contributed by atoms with Gasteiger partial charge in [0.2, 0.25) is 0 Å². The van der Waals surface area contributed by atoms with E-state index in [1.807, 2.05) is 0 Å². The first-order valence-electron chi connectivity index (χ1n) is 8.08. The number of amides is 1. The molecule has 1 heterocycles. The minimum Gasteiger partial charge on any atom is -0.347 e. The monoisotopic (exact) mass is 403 g/mol. The van der Waals surface area contributed by atoms with Crippen molar-refractivity contribution in [2.75, 3.05) is 10.0 Å². The number of aryl methyl sites for hydroxylation is 2. The quantitative estimate of drug-likeness (QED) is 0.674. The number of para-hydroxylation sites is 1. The normalized spacial score (nSPS) is 11.2. The van der Waals surface area contributed by atoms with E-state index in [1.54, 1.807) is 73.3 Å². The summed E-state index contributed by atoms with van der Waals surface area (Å²) in [6.07, 6.45) is 1.76. The van der Waals surface area contributed by atoms with Gasteiger partial charge in [0.15, 0.2) is 0 Å². The van der Waals surface area contributed by atoms with Gasteiger partial charge in [-0.1, -0.05) is 29.8 Å². The van der Waals surface area contributed by atoms with Crippen molar-refractivity contribution in [3.05, 3.63) is 77.1 Å². The van der Waals surface area contributed by atoms with Gasteiger partial charge in [-0.2, -0.15) is 0 Å². The van der Waals surface area contributed by atoms with Gasteiger partial charge in [-0.25, -0.2) is 8.42 Å². The minimum absolute atomic E-state index is 0.0621. The van der Waals surface area contributed by atoms with Gasteiger partial charge in [-0.15, -0.1) is 0 Å². The summed E-state index contributed by atoms with van der Waals surface area (Å²) in [6.45, 7) is 1.68. The number of carbonyl (C=O) groups is 1. The lowest BCUT2D eigenvalue weighted by molar-refractivity contribution is 0.101. The Morgan fingerprint density at radius 2 is 1.81 bits per heavy atom. The van der Waals surface area contributed by atoms with Crippen LogP contribution in [0.2, 0.25) is 5.02 Å². The first-order chi connectivity index (χ1) is 12.8. The molecule has 0 aliphatic rings. The van der Waals surface area contributed by atoms with Crippen molar-refractivity contribution in [2.45, 2.75) is 11.8 Å². The summed E-state index contributed by atoms with van der Waals surface area (Å²) in [6, 6.07) is 14.7. The van der Waals surface area contributed by atoms with Gasteiger partial charge in [-0.05, 0) is 48.9 Å². The van der Waals surface area contributed by atoms with E-state index in [2.05, 4.69) is 10.0 Å². The van der Waals surface area contributed by atoms with Crippen molar-refractivity contribution in [1.82, 2.24) is 4.57 Å². The Morgan fingerprint density at radius 3 is 2.48 bits per heavy atom. The van der Waals surface area contributed by atoms with Crippen LogP contribution in [-0.4, -0.2) is 18.9 Å². The maximum absolute atomic E-state index is 12.8. The maximum atomic E-state index is 12.8.